The average Bonchev–Trinajstić information content (AvgIpc) is 2.64. The van der Waals surface area contributed by atoms with Gasteiger partial charge in [-0.3, -0.25) is 0 Å². The van der Waals surface area contributed by atoms with Crippen LogP contribution in [-0.2, 0) is 14.8 Å². The zero-order valence-electron chi connectivity index (χ0n) is 10.4. The Morgan fingerprint density at radius 3 is 2.72 bits per heavy atom. The molecule has 0 atom stereocenters. The highest BCUT2D eigenvalue weighted by Crippen LogP contribution is 2.26. The molecule has 1 aromatic carbocycles. The number of methoxy groups -OCH3 is 1. The van der Waals surface area contributed by atoms with Crippen LogP contribution in [0.3, 0.4) is 0 Å². The Morgan fingerprint density at radius 2 is 2.11 bits per heavy atom. The number of fused-ring (bicyclic) bond motifs is 1. The Labute approximate surface area is 105 Å². The van der Waals surface area contributed by atoms with Gasteiger partial charge in [-0.2, -0.15) is 4.09 Å². The van der Waals surface area contributed by atoms with Crippen molar-refractivity contribution in [2.45, 2.75) is 6.92 Å². The molecule has 7 heteroatoms. The van der Waals surface area contributed by atoms with Crippen LogP contribution in [-0.4, -0.2) is 37.8 Å². The fourth-order valence-electron chi connectivity index (χ4n) is 1.65. The second kappa shape index (κ2) is 4.58. The van der Waals surface area contributed by atoms with Crippen molar-refractivity contribution in [2.24, 2.45) is 0 Å². The van der Waals surface area contributed by atoms with Gasteiger partial charge in [0, 0.05) is 7.11 Å². The van der Waals surface area contributed by atoms with Crippen LogP contribution >= 0.6 is 0 Å². The van der Waals surface area contributed by atoms with E-state index in [1.165, 1.54) is 7.11 Å². The van der Waals surface area contributed by atoms with Crippen molar-refractivity contribution in [1.82, 2.24) is 9.19 Å². The van der Waals surface area contributed by atoms with Crippen molar-refractivity contribution in [1.29, 1.82) is 0 Å². The molecule has 0 spiro atoms. The van der Waals surface area contributed by atoms with Crippen molar-refractivity contribution >= 4 is 20.9 Å². The SMILES string of the molecule is COCOc1nn(S(C)(=O)=O)c2ccc(C)cc12. The molecule has 0 saturated carbocycles. The molecule has 0 aliphatic rings. The molecule has 0 saturated heterocycles. The fraction of sp³-hybridized carbons (Fsp3) is 0.364. The van der Waals surface area contributed by atoms with Crippen molar-refractivity contribution in [3.63, 3.8) is 0 Å². The molecule has 1 heterocycles. The Hall–Kier alpha value is -1.60. The van der Waals surface area contributed by atoms with Gasteiger partial charge < -0.3 is 9.47 Å². The van der Waals surface area contributed by atoms with Crippen LogP contribution in [0.2, 0.25) is 0 Å². The zero-order valence-corrected chi connectivity index (χ0v) is 11.2. The smallest absolute Gasteiger partial charge is 0.251 e. The minimum atomic E-state index is -3.46. The Bertz CT molecular complexity index is 676. The largest absolute Gasteiger partial charge is 0.449 e. The summed E-state index contributed by atoms with van der Waals surface area (Å²) >= 11 is 0. The van der Waals surface area contributed by atoms with E-state index in [0.717, 1.165) is 15.9 Å². The third-order valence-corrected chi connectivity index (χ3v) is 3.30. The third-order valence-electron chi connectivity index (χ3n) is 2.40. The molecule has 0 radical (unpaired) electrons. The topological polar surface area (TPSA) is 70.4 Å². The first-order chi connectivity index (χ1) is 8.43. The summed E-state index contributed by atoms with van der Waals surface area (Å²) in [6.07, 6.45) is 1.10. The molecule has 1 aromatic heterocycles. The number of aryl methyl sites for hydroxylation is 1. The molecular formula is C11H14N2O4S. The summed E-state index contributed by atoms with van der Waals surface area (Å²) < 4.78 is 34.3. The highest BCUT2D eigenvalue weighted by atomic mass is 32.2. The second-order valence-electron chi connectivity index (χ2n) is 3.98. The van der Waals surface area contributed by atoms with Gasteiger partial charge in [0.25, 0.3) is 10.0 Å². The van der Waals surface area contributed by atoms with Gasteiger partial charge in [-0.05, 0) is 19.1 Å². The molecule has 0 aliphatic carbocycles. The number of nitrogens with zero attached hydrogens (tertiary/aromatic N) is 2. The number of hydrogen-bond donors (Lipinski definition) is 0. The molecule has 18 heavy (non-hydrogen) atoms. The van der Waals surface area contributed by atoms with Gasteiger partial charge >= 0.3 is 0 Å². The van der Waals surface area contributed by atoms with E-state index in [-0.39, 0.29) is 12.7 Å². The maximum atomic E-state index is 11.6. The minimum Gasteiger partial charge on any atom is -0.449 e. The first-order valence-corrected chi connectivity index (χ1v) is 7.10. The van der Waals surface area contributed by atoms with Crippen LogP contribution < -0.4 is 4.74 Å². The predicted octanol–water partition coefficient (Wildman–Crippen LogP) is 1.14. The van der Waals surface area contributed by atoms with Crippen molar-refractivity contribution in [3.8, 4) is 5.88 Å². The number of aromatic nitrogens is 2. The predicted molar refractivity (Wildman–Crippen MR) is 67.2 cm³/mol. The average molecular weight is 270 g/mol. The molecule has 0 unspecified atom stereocenters. The van der Waals surface area contributed by atoms with E-state index in [9.17, 15) is 8.42 Å². The van der Waals surface area contributed by atoms with Gasteiger partial charge in [-0.25, -0.2) is 8.42 Å². The van der Waals surface area contributed by atoms with E-state index in [1.54, 1.807) is 6.07 Å². The van der Waals surface area contributed by atoms with Crippen LogP contribution in [0.15, 0.2) is 18.2 Å². The van der Waals surface area contributed by atoms with Crippen molar-refractivity contribution < 1.29 is 17.9 Å². The summed E-state index contributed by atoms with van der Waals surface area (Å²) in [7, 11) is -1.97. The number of rotatable bonds is 4. The van der Waals surface area contributed by atoms with E-state index >= 15 is 0 Å². The first-order valence-electron chi connectivity index (χ1n) is 5.25. The van der Waals surface area contributed by atoms with Gasteiger partial charge in [0.05, 0.1) is 17.2 Å². The van der Waals surface area contributed by atoms with E-state index < -0.39 is 10.0 Å². The van der Waals surface area contributed by atoms with E-state index in [4.69, 9.17) is 9.47 Å². The van der Waals surface area contributed by atoms with Crippen LogP contribution in [0.5, 0.6) is 5.88 Å². The molecule has 6 nitrogen and oxygen atoms in total. The zero-order chi connectivity index (χ0) is 13.3. The molecule has 0 fully saturated rings. The Kier molecular flexibility index (Phi) is 3.27. The quantitative estimate of drug-likeness (QED) is 0.779. The highest BCUT2D eigenvalue weighted by Gasteiger charge is 2.17. The summed E-state index contributed by atoms with van der Waals surface area (Å²) in [6.45, 7) is 1.93. The monoisotopic (exact) mass is 270 g/mol. The molecular weight excluding hydrogens is 256 g/mol. The van der Waals surface area contributed by atoms with Gasteiger partial charge in [-0.1, -0.05) is 11.6 Å². The number of hydrogen-bond acceptors (Lipinski definition) is 5. The van der Waals surface area contributed by atoms with Crippen LogP contribution in [0.4, 0.5) is 0 Å². The second-order valence-corrected chi connectivity index (χ2v) is 5.79. The van der Waals surface area contributed by atoms with Gasteiger partial charge in [-0.15, -0.1) is 5.10 Å². The normalized spacial score (nSPS) is 11.9. The third kappa shape index (κ3) is 2.32. The van der Waals surface area contributed by atoms with E-state index in [0.29, 0.717) is 10.9 Å². The highest BCUT2D eigenvalue weighted by molar-refractivity contribution is 7.89. The molecule has 0 bridgehead atoms. The van der Waals surface area contributed by atoms with Crippen molar-refractivity contribution in [2.75, 3.05) is 20.2 Å². The Balaban J connectivity index is 2.67. The molecule has 0 amide bonds. The maximum Gasteiger partial charge on any atom is 0.251 e. The van der Waals surface area contributed by atoms with E-state index in [1.807, 2.05) is 19.1 Å². The molecule has 0 aliphatic heterocycles. The lowest BCUT2D eigenvalue weighted by Gasteiger charge is -2.00. The Morgan fingerprint density at radius 1 is 1.39 bits per heavy atom. The molecule has 0 N–H and O–H groups in total. The summed E-state index contributed by atoms with van der Waals surface area (Å²) in [5.41, 5.74) is 1.49. The fourth-order valence-corrected chi connectivity index (χ4v) is 2.39. The van der Waals surface area contributed by atoms with Gasteiger partial charge in [0.1, 0.15) is 0 Å². The van der Waals surface area contributed by atoms with Crippen LogP contribution in [0.1, 0.15) is 5.56 Å². The summed E-state index contributed by atoms with van der Waals surface area (Å²) in [5.74, 6) is 0.251. The minimum absolute atomic E-state index is 0.0177. The molecule has 2 rings (SSSR count). The van der Waals surface area contributed by atoms with E-state index in [2.05, 4.69) is 5.10 Å². The van der Waals surface area contributed by atoms with Gasteiger partial charge in [0.15, 0.2) is 6.79 Å². The summed E-state index contributed by atoms with van der Waals surface area (Å²) in [6, 6.07) is 5.36. The summed E-state index contributed by atoms with van der Waals surface area (Å²) in [5, 5.41) is 4.62. The standard InChI is InChI=1S/C11H14N2O4S/c1-8-4-5-10-9(6-8)11(17-7-16-2)12-13(10)18(3,14)15/h4-6H,7H2,1-3H3. The van der Waals surface area contributed by atoms with Crippen LogP contribution in [0.25, 0.3) is 10.9 Å². The molecule has 2 aromatic rings. The number of benzene rings is 1. The first kappa shape index (κ1) is 12.8. The van der Waals surface area contributed by atoms with Crippen molar-refractivity contribution in [3.05, 3.63) is 23.8 Å². The maximum absolute atomic E-state index is 11.6. The van der Waals surface area contributed by atoms with Gasteiger partial charge in [0.2, 0.25) is 5.88 Å². The lowest BCUT2D eigenvalue weighted by Crippen LogP contribution is -2.11. The summed E-state index contributed by atoms with van der Waals surface area (Å²) in [4.78, 5) is 0. The molecule has 98 valence electrons. The lowest BCUT2D eigenvalue weighted by molar-refractivity contribution is 0.0487. The van der Waals surface area contributed by atoms with Crippen LogP contribution in [0, 0.1) is 6.92 Å². The number of ether oxygens (including phenoxy) is 2. The lowest BCUT2D eigenvalue weighted by atomic mass is 10.2.